The molecular formula is C28H23FN8O. The topological polar surface area (TPSA) is 120 Å². The number of imidazole rings is 1. The predicted molar refractivity (Wildman–Crippen MR) is 142 cm³/mol. The molecule has 0 aliphatic carbocycles. The van der Waals surface area contributed by atoms with Crippen molar-refractivity contribution in [3.8, 4) is 39.7 Å². The van der Waals surface area contributed by atoms with Crippen molar-refractivity contribution in [2.45, 2.75) is 19.4 Å². The van der Waals surface area contributed by atoms with Crippen LogP contribution in [0.4, 0.5) is 4.39 Å². The molecule has 6 aromatic rings. The van der Waals surface area contributed by atoms with Crippen LogP contribution in [0.5, 0.6) is 5.75 Å². The van der Waals surface area contributed by atoms with Crippen LogP contribution in [0, 0.1) is 5.82 Å². The van der Waals surface area contributed by atoms with Crippen molar-refractivity contribution in [2.75, 3.05) is 13.1 Å². The normalized spacial score (nSPS) is 14.1. The predicted octanol–water partition coefficient (Wildman–Crippen LogP) is 5.07. The Kier molecular flexibility index (Phi) is 5.33. The summed E-state index contributed by atoms with van der Waals surface area (Å²) in [5.74, 6) is -0.199. The van der Waals surface area contributed by atoms with Gasteiger partial charge < -0.3 is 10.1 Å². The summed E-state index contributed by atoms with van der Waals surface area (Å²) < 4.78 is 14.0. The Hall–Kier alpha value is -4.70. The highest BCUT2D eigenvalue weighted by molar-refractivity contribution is 5.95. The van der Waals surface area contributed by atoms with Crippen molar-refractivity contribution in [3.63, 3.8) is 0 Å². The van der Waals surface area contributed by atoms with E-state index < -0.39 is 5.82 Å². The van der Waals surface area contributed by atoms with Crippen LogP contribution in [0.15, 0.2) is 61.2 Å². The number of hydrogen-bond donors (Lipinski definition) is 3. The number of nitrogens with one attached hydrogen (secondary N) is 2. The van der Waals surface area contributed by atoms with E-state index in [0.29, 0.717) is 39.2 Å². The zero-order valence-electron chi connectivity index (χ0n) is 20.3. The summed E-state index contributed by atoms with van der Waals surface area (Å²) in [6.45, 7) is 3.14. The number of nitrogens with zero attached hydrogens (tertiary/aromatic N) is 6. The number of halogens is 1. The first kappa shape index (κ1) is 22.5. The Morgan fingerprint density at radius 1 is 0.868 bits per heavy atom. The molecule has 1 saturated heterocycles. The number of phenols is 1. The SMILES string of the molecule is Oc1cc(F)cc(-c2cncc3[nH]c(-c4n[nH]c5ccc(-c6cncc(CN7CCCC7)c6)nc45)nc23)c1. The summed E-state index contributed by atoms with van der Waals surface area (Å²) in [5.41, 5.74) is 7.23. The fraction of sp³-hybridized carbons (Fsp3) is 0.179. The molecule has 1 aliphatic heterocycles. The Morgan fingerprint density at radius 2 is 1.74 bits per heavy atom. The second kappa shape index (κ2) is 9.00. The number of fused-ring (bicyclic) bond motifs is 2. The molecule has 0 amide bonds. The number of likely N-dealkylation sites (tertiary alicyclic amines) is 1. The zero-order valence-corrected chi connectivity index (χ0v) is 20.3. The first-order valence-corrected chi connectivity index (χ1v) is 12.5. The van der Waals surface area contributed by atoms with E-state index in [1.165, 1.54) is 30.5 Å². The lowest BCUT2D eigenvalue weighted by atomic mass is 10.1. The third kappa shape index (κ3) is 4.04. The number of aromatic nitrogens is 7. The van der Waals surface area contributed by atoms with Gasteiger partial charge in [0.05, 0.1) is 28.4 Å². The number of phenolic OH excluding ortho intramolecular Hbond substituents is 1. The van der Waals surface area contributed by atoms with E-state index in [4.69, 9.17) is 9.97 Å². The molecule has 188 valence electrons. The highest BCUT2D eigenvalue weighted by Gasteiger charge is 2.18. The van der Waals surface area contributed by atoms with E-state index in [-0.39, 0.29) is 5.75 Å². The lowest BCUT2D eigenvalue weighted by Gasteiger charge is -2.14. The van der Waals surface area contributed by atoms with Gasteiger partial charge in [-0.1, -0.05) is 0 Å². The third-order valence-corrected chi connectivity index (χ3v) is 6.92. The van der Waals surface area contributed by atoms with E-state index >= 15 is 0 Å². The number of hydrogen-bond acceptors (Lipinski definition) is 7. The van der Waals surface area contributed by atoms with Crippen LogP contribution in [0.2, 0.25) is 0 Å². The molecule has 38 heavy (non-hydrogen) atoms. The summed E-state index contributed by atoms with van der Waals surface area (Å²) in [6, 6.07) is 9.94. The second-order valence-corrected chi connectivity index (χ2v) is 9.60. The quantitative estimate of drug-likeness (QED) is 0.299. The van der Waals surface area contributed by atoms with Crippen molar-refractivity contribution in [3.05, 3.63) is 72.6 Å². The van der Waals surface area contributed by atoms with Crippen molar-refractivity contribution < 1.29 is 9.50 Å². The lowest BCUT2D eigenvalue weighted by Crippen LogP contribution is -2.18. The molecular weight excluding hydrogens is 483 g/mol. The number of pyridine rings is 3. The zero-order chi connectivity index (χ0) is 25.6. The fourth-order valence-corrected chi connectivity index (χ4v) is 5.12. The summed E-state index contributed by atoms with van der Waals surface area (Å²) in [6.07, 6.45) is 9.50. The molecule has 0 saturated carbocycles. The van der Waals surface area contributed by atoms with Crippen LogP contribution in [0.3, 0.4) is 0 Å². The first-order chi connectivity index (χ1) is 18.6. The highest BCUT2D eigenvalue weighted by atomic mass is 19.1. The molecule has 0 unspecified atom stereocenters. The second-order valence-electron chi connectivity index (χ2n) is 9.60. The van der Waals surface area contributed by atoms with Crippen LogP contribution in [-0.4, -0.2) is 58.2 Å². The first-order valence-electron chi connectivity index (χ1n) is 12.5. The molecule has 5 aromatic heterocycles. The minimum atomic E-state index is -0.540. The van der Waals surface area contributed by atoms with Gasteiger partial charge in [-0.3, -0.25) is 20.0 Å². The molecule has 6 heterocycles. The Bertz CT molecular complexity index is 1780. The van der Waals surface area contributed by atoms with E-state index in [1.807, 2.05) is 24.5 Å². The highest BCUT2D eigenvalue weighted by Crippen LogP contribution is 2.33. The summed E-state index contributed by atoms with van der Waals surface area (Å²) in [5, 5.41) is 17.4. The molecule has 10 heteroatoms. The van der Waals surface area contributed by atoms with Gasteiger partial charge in [0.25, 0.3) is 0 Å². The number of aromatic hydroxyl groups is 1. The molecule has 9 nitrogen and oxygen atoms in total. The molecule has 0 radical (unpaired) electrons. The molecule has 0 bridgehead atoms. The maximum absolute atomic E-state index is 14.0. The summed E-state index contributed by atoms with van der Waals surface area (Å²) in [7, 11) is 0. The fourth-order valence-electron chi connectivity index (χ4n) is 5.12. The summed E-state index contributed by atoms with van der Waals surface area (Å²) in [4.78, 5) is 24.2. The largest absolute Gasteiger partial charge is 0.508 e. The lowest BCUT2D eigenvalue weighted by molar-refractivity contribution is 0.331. The van der Waals surface area contributed by atoms with Crippen molar-refractivity contribution >= 4 is 22.1 Å². The van der Waals surface area contributed by atoms with Crippen LogP contribution < -0.4 is 0 Å². The average Bonchev–Trinajstić information content (AvgIpc) is 3.67. The molecule has 1 fully saturated rings. The smallest absolute Gasteiger partial charge is 0.161 e. The molecule has 7 rings (SSSR count). The molecule has 0 atom stereocenters. The monoisotopic (exact) mass is 506 g/mol. The Balaban J connectivity index is 1.28. The van der Waals surface area contributed by atoms with Gasteiger partial charge in [0.1, 0.15) is 17.1 Å². The Morgan fingerprint density at radius 3 is 2.61 bits per heavy atom. The maximum atomic E-state index is 14.0. The van der Waals surface area contributed by atoms with Gasteiger partial charge in [-0.2, -0.15) is 5.10 Å². The van der Waals surface area contributed by atoms with Crippen molar-refractivity contribution in [1.29, 1.82) is 0 Å². The van der Waals surface area contributed by atoms with Gasteiger partial charge in [-0.25, -0.2) is 14.4 Å². The van der Waals surface area contributed by atoms with Gasteiger partial charge in [0.2, 0.25) is 0 Å². The van der Waals surface area contributed by atoms with E-state index in [9.17, 15) is 9.50 Å². The van der Waals surface area contributed by atoms with Crippen LogP contribution in [0.25, 0.3) is 56.0 Å². The minimum absolute atomic E-state index is 0.165. The van der Waals surface area contributed by atoms with Crippen LogP contribution >= 0.6 is 0 Å². The molecule has 3 N–H and O–H groups in total. The number of H-pyrrole nitrogens is 2. The number of aromatic amines is 2. The van der Waals surface area contributed by atoms with Gasteiger partial charge >= 0.3 is 0 Å². The average molecular weight is 507 g/mol. The van der Waals surface area contributed by atoms with E-state index in [2.05, 4.69) is 36.1 Å². The molecule has 1 aliphatic rings. The standard InChI is InChI=1S/C28H23FN8O/c29-19-8-17(9-20(38)10-19)21-13-31-14-24-25(21)34-28(33-24)27-26-23(35-36-27)4-3-22(32-26)18-7-16(11-30-12-18)15-37-5-1-2-6-37/h3-4,7-14,38H,1-2,5-6,15H2,(H,33,34)(H,35,36). The number of benzene rings is 1. The Labute approximate surface area is 216 Å². The maximum Gasteiger partial charge on any atom is 0.161 e. The summed E-state index contributed by atoms with van der Waals surface area (Å²) >= 11 is 0. The van der Waals surface area contributed by atoms with E-state index in [1.54, 1.807) is 12.4 Å². The minimum Gasteiger partial charge on any atom is -0.508 e. The van der Waals surface area contributed by atoms with Gasteiger partial charge in [-0.15, -0.1) is 0 Å². The molecule has 0 spiro atoms. The van der Waals surface area contributed by atoms with Gasteiger partial charge in [0, 0.05) is 42.3 Å². The van der Waals surface area contributed by atoms with E-state index in [0.717, 1.165) is 42.5 Å². The van der Waals surface area contributed by atoms with Crippen LogP contribution in [0.1, 0.15) is 18.4 Å². The number of rotatable bonds is 5. The van der Waals surface area contributed by atoms with Crippen molar-refractivity contribution in [1.82, 2.24) is 40.0 Å². The third-order valence-electron chi connectivity index (χ3n) is 6.92. The van der Waals surface area contributed by atoms with Crippen LogP contribution in [-0.2, 0) is 6.54 Å². The van der Waals surface area contributed by atoms with Crippen molar-refractivity contribution in [2.24, 2.45) is 0 Å². The van der Waals surface area contributed by atoms with Gasteiger partial charge in [0.15, 0.2) is 11.5 Å². The molecule has 1 aromatic carbocycles. The van der Waals surface area contributed by atoms with Gasteiger partial charge in [-0.05, 0) is 67.4 Å².